The molecule has 26 heavy (non-hydrogen) atoms. The van der Waals surface area contributed by atoms with Crippen molar-refractivity contribution in [2.45, 2.75) is 13.5 Å². The van der Waals surface area contributed by atoms with Crippen molar-refractivity contribution in [2.24, 2.45) is 0 Å². The Hall–Kier alpha value is -2.56. The first-order valence-corrected chi connectivity index (χ1v) is 9.42. The van der Waals surface area contributed by atoms with E-state index in [1.165, 1.54) is 0 Å². The van der Waals surface area contributed by atoms with Crippen LogP contribution in [0.15, 0.2) is 65.1 Å². The highest BCUT2D eigenvalue weighted by molar-refractivity contribution is 7.19. The van der Waals surface area contributed by atoms with Crippen molar-refractivity contribution in [1.82, 2.24) is 5.32 Å². The molecule has 0 aliphatic rings. The molecule has 0 aliphatic carbocycles. The maximum absolute atomic E-state index is 12.7. The van der Waals surface area contributed by atoms with Gasteiger partial charge in [0, 0.05) is 28.1 Å². The first kappa shape index (κ1) is 16.9. The summed E-state index contributed by atoms with van der Waals surface area (Å²) in [5.74, 6) is 0.649. The van der Waals surface area contributed by atoms with Gasteiger partial charge in [0.2, 0.25) is 0 Å². The molecule has 0 spiro atoms. The summed E-state index contributed by atoms with van der Waals surface area (Å²) < 4.78 is 7.01. The van der Waals surface area contributed by atoms with E-state index in [9.17, 15) is 4.79 Å². The lowest BCUT2D eigenvalue weighted by Gasteiger charge is -2.05. The van der Waals surface area contributed by atoms with Crippen LogP contribution in [0.25, 0.3) is 21.6 Å². The smallest absolute Gasteiger partial charge is 0.256 e. The third-order valence-electron chi connectivity index (χ3n) is 4.19. The molecule has 4 aromatic rings. The summed E-state index contributed by atoms with van der Waals surface area (Å²) in [7, 11) is 0. The Balaban J connectivity index is 1.60. The summed E-state index contributed by atoms with van der Waals surface area (Å²) in [6.07, 6.45) is 0. The van der Waals surface area contributed by atoms with Crippen molar-refractivity contribution < 1.29 is 9.21 Å². The largest absolute Gasteiger partial charge is 0.454 e. The van der Waals surface area contributed by atoms with E-state index in [4.69, 9.17) is 16.0 Å². The van der Waals surface area contributed by atoms with Gasteiger partial charge in [-0.25, -0.2) is 0 Å². The van der Waals surface area contributed by atoms with Crippen LogP contribution in [0.1, 0.15) is 20.8 Å². The number of nitrogens with one attached hydrogen (secondary N) is 1. The molecule has 4 rings (SSSR count). The normalized spacial score (nSPS) is 11.0. The number of benzene rings is 2. The molecule has 0 bridgehead atoms. The highest BCUT2D eigenvalue weighted by atomic mass is 35.5. The number of carbonyl (C=O) groups is 1. The highest BCUT2D eigenvalue weighted by Gasteiger charge is 2.21. The van der Waals surface area contributed by atoms with Crippen LogP contribution in [0.5, 0.6) is 0 Å². The fraction of sp³-hybridized carbons (Fsp3) is 0.0952. The predicted octanol–water partition coefficient (Wildman–Crippen LogP) is 6.05. The number of thiophene rings is 1. The Bertz CT molecular complexity index is 1060. The van der Waals surface area contributed by atoms with Crippen molar-refractivity contribution in [1.29, 1.82) is 0 Å². The number of aryl methyl sites for hydroxylation is 1. The van der Waals surface area contributed by atoms with E-state index in [0.29, 0.717) is 22.7 Å². The van der Waals surface area contributed by atoms with E-state index in [1.807, 2.05) is 67.6 Å². The Morgan fingerprint density at radius 1 is 1.12 bits per heavy atom. The molecule has 2 heterocycles. The van der Waals surface area contributed by atoms with Crippen molar-refractivity contribution >= 4 is 39.1 Å². The monoisotopic (exact) mass is 381 g/mol. The minimum Gasteiger partial charge on any atom is -0.454 e. The van der Waals surface area contributed by atoms with Crippen LogP contribution in [0, 0.1) is 6.92 Å². The molecular weight excluding hydrogens is 366 g/mol. The molecule has 0 atom stereocenters. The number of fused-ring (bicyclic) bond motifs is 1. The Morgan fingerprint density at radius 3 is 2.58 bits per heavy atom. The number of rotatable bonds is 4. The van der Waals surface area contributed by atoms with E-state index in [2.05, 4.69) is 5.32 Å². The third kappa shape index (κ3) is 3.26. The Labute approximate surface area is 160 Å². The van der Waals surface area contributed by atoms with Crippen LogP contribution in [0.2, 0.25) is 5.02 Å². The summed E-state index contributed by atoms with van der Waals surface area (Å²) in [6.45, 7) is 2.39. The first-order valence-electron chi connectivity index (χ1n) is 8.23. The van der Waals surface area contributed by atoms with Gasteiger partial charge in [-0.1, -0.05) is 54.1 Å². The van der Waals surface area contributed by atoms with E-state index in [0.717, 1.165) is 26.5 Å². The molecule has 0 fully saturated rings. The lowest BCUT2D eigenvalue weighted by atomic mass is 10.2. The second-order valence-corrected chi connectivity index (χ2v) is 7.71. The third-order valence-corrected chi connectivity index (χ3v) is 5.48. The number of hydrogen-bond acceptors (Lipinski definition) is 3. The molecule has 0 saturated heterocycles. The Morgan fingerprint density at radius 2 is 1.85 bits per heavy atom. The maximum Gasteiger partial charge on any atom is 0.256 e. The molecule has 2 aromatic carbocycles. The van der Waals surface area contributed by atoms with E-state index in [-0.39, 0.29) is 5.91 Å². The highest BCUT2D eigenvalue weighted by Crippen LogP contribution is 2.36. The maximum atomic E-state index is 12.7. The van der Waals surface area contributed by atoms with Crippen molar-refractivity contribution in [2.75, 3.05) is 0 Å². The minimum absolute atomic E-state index is 0.127. The molecule has 3 nitrogen and oxygen atoms in total. The molecule has 1 amide bonds. The SMILES string of the molecule is Cc1sc2cc(-c3ccccc3)oc2c1C(=O)NCc1ccc(Cl)cc1. The topological polar surface area (TPSA) is 42.2 Å². The molecule has 0 unspecified atom stereocenters. The lowest BCUT2D eigenvalue weighted by Crippen LogP contribution is -2.23. The molecule has 0 saturated carbocycles. The quantitative estimate of drug-likeness (QED) is 0.467. The fourth-order valence-corrected chi connectivity index (χ4v) is 4.03. The van der Waals surface area contributed by atoms with E-state index >= 15 is 0 Å². The van der Waals surface area contributed by atoms with Gasteiger partial charge >= 0.3 is 0 Å². The number of halogens is 1. The van der Waals surface area contributed by atoms with Gasteiger partial charge in [-0.3, -0.25) is 4.79 Å². The van der Waals surface area contributed by atoms with Gasteiger partial charge in [0.05, 0.1) is 10.3 Å². The summed E-state index contributed by atoms with van der Waals surface area (Å²) in [5.41, 5.74) is 3.26. The van der Waals surface area contributed by atoms with E-state index in [1.54, 1.807) is 11.3 Å². The zero-order valence-corrected chi connectivity index (χ0v) is 15.7. The van der Waals surface area contributed by atoms with Crippen LogP contribution >= 0.6 is 22.9 Å². The second-order valence-electron chi connectivity index (χ2n) is 6.01. The Kier molecular flexibility index (Phi) is 4.53. The lowest BCUT2D eigenvalue weighted by molar-refractivity contribution is 0.0951. The summed E-state index contributed by atoms with van der Waals surface area (Å²) in [5, 5.41) is 3.65. The van der Waals surface area contributed by atoms with Crippen LogP contribution in [-0.2, 0) is 6.54 Å². The summed E-state index contributed by atoms with van der Waals surface area (Å²) >= 11 is 7.47. The van der Waals surface area contributed by atoms with Crippen molar-refractivity contribution in [3.63, 3.8) is 0 Å². The van der Waals surface area contributed by atoms with Gasteiger partial charge in [-0.05, 0) is 24.6 Å². The molecule has 5 heteroatoms. The average molecular weight is 382 g/mol. The second kappa shape index (κ2) is 6.98. The van der Waals surface area contributed by atoms with Crippen molar-refractivity contribution in [3.05, 3.63) is 81.7 Å². The fourth-order valence-electron chi connectivity index (χ4n) is 2.88. The van der Waals surface area contributed by atoms with Gasteiger partial charge in [0.15, 0.2) is 5.58 Å². The van der Waals surface area contributed by atoms with Crippen LogP contribution in [0.4, 0.5) is 0 Å². The van der Waals surface area contributed by atoms with Gasteiger partial charge in [0.25, 0.3) is 5.91 Å². The van der Waals surface area contributed by atoms with Gasteiger partial charge < -0.3 is 9.73 Å². The van der Waals surface area contributed by atoms with Crippen LogP contribution < -0.4 is 5.32 Å². The van der Waals surface area contributed by atoms with E-state index < -0.39 is 0 Å². The number of hydrogen-bond donors (Lipinski definition) is 1. The molecule has 2 aromatic heterocycles. The van der Waals surface area contributed by atoms with Crippen LogP contribution in [-0.4, -0.2) is 5.91 Å². The first-order chi connectivity index (χ1) is 12.6. The predicted molar refractivity (Wildman–Crippen MR) is 107 cm³/mol. The van der Waals surface area contributed by atoms with Gasteiger partial charge in [-0.15, -0.1) is 11.3 Å². The molecule has 0 radical (unpaired) electrons. The summed E-state index contributed by atoms with van der Waals surface area (Å²) in [4.78, 5) is 13.7. The number of furan rings is 1. The standard InChI is InChI=1S/C21H16ClNO2S/c1-13-19(21(24)23-12-14-7-9-16(22)10-8-14)20-18(26-13)11-17(25-20)15-5-3-2-4-6-15/h2-11H,12H2,1H3,(H,23,24). The van der Waals surface area contributed by atoms with Crippen LogP contribution in [0.3, 0.4) is 0 Å². The van der Waals surface area contributed by atoms with Gasteiger partial charge in [0.1, 0.15) is 5.76 Å². The minimum atomic E-state index is -0.127. The molecule has 130 valence electrons. The number of carbonyl (C=O) groups excluding carboxylic acids is 1. The van der Waals surface area contributed by atoms with Crippen molar-refractivity contribution in [3.8, 4) is 11.3 Å². The average Bonchev–Trinajstić information content (AvgIpc) is 3.18. The molecule has 0 aliphatic heterocycles. The zero-order chi connectivity index (χ0) is 18.1. The molecular formula is C21H16ClNO2S. The molecule has 1 N–H and O–H groups in total. The zero-order valence-electron chi connectivity index (χ0n) is 14.1. The number of amides is 1. The van der Waals surface area contributed by atoms with Gasteiger partial charge in [-0.2, -0.15) is 0 Å². The summed E-state index contributed by atoms with van der Waals surface area (Å²) in [6, 6.07) is 19.3.